The summed E-state index contributed by atoms with van der Waals surface area (Å²) in [7, 11) is 0. The van der Waals surface area contributed by atoms with E-state index in [1.54, 1.807) is 18.5 Å². The Morgan fingerprint density at radius 3 is 1.59 bits per heavy atom. The second-order valence-corrected chi connectivity index (χ2v) is 8.07. The number of nitrogens with zero attached hydrogens (tertiary/aromatic N) is 2. The number of ether oxygens (including phenoxy) is 3. The van der Waals surface area contributed by atoms with E-state index in [-0.39, 0.29) is 11.9 Å². The second-order valence-electron chi connectivity index (χ2n) is 8.07. The van der Waals surface area contributed by atoms with E-state index in [0.29, 0.717) is 18.5 Å². The van der Waals surface area contributed by atoms with E-state index >= 15 is 0 Å². The van der Waals surface area contributed by atoms with Crippen LogP contribution in [-0.2, 0) is 0 Å². The Morgan fingerprint density at radius 2 is 1.12 bits per heavy atom. The van der Waals surface area contributed by atoms with Crippen LogP contribution in [0.4, 0.5) is 5.69 Å². The first-order valence-corrected chi connectivity index (χ1v) is 11.3. The van der Waals surface area contributed by atoms with Crippen molar-refractivity contribution in [3.8, 4) is 23.0 Å². The third-order valence-corrected chi connectivity index (χ3v) is 5.68. The molecule has 6 nitrogen and oxygen atoms in total. The summed E-state index contributed by atoms with van der Waals surface area (Å²) in [6.07, 6.45) is 3.22. The molecule has 1 fully saturated rings. The van der Waals surface area contributed by atoms with Crippen LogP contribution < -0.4 is 19.1 Å². The van der Waals surface area contributed by atoms with Crippen LogP contribution in [0, 0.1) is 0 Å². The van der Waals surface area contributed by atoms with Gasteiger partial charge in [0, 0.05) is 25.1 Å². The summed E-state index contributed by atoms with van der Waals surface area (Å²) >= 11 is 0. The number of anilines is 1. The van der Waals surface area contributed by atoms with Crippen molar-refractivity contribution in [1.29, 1.82) is 0 Å². The first-order chi connectivity index (χ1) is 16.8. The lowest BCUT2D eigenvalue weighted by Crippen LogP contribution is -2.57. The number of para-hydroxylation sites is 3. The Bertz CT molecular complexity index is 1120. The highest BCUT2D eigenvalue weighted by Gasteiger charge is 2.41. The summed E-state index contributed by atoms with van der Waals surface area (Å²) in [6, 6.07) is 30.6. The second kappa shape index (κ2) is 10.2. The highest BCUT2D eigenvalue weighted by atomic mass is 16.5. The molecule has 4 aromatic rings. The van der Waals surface area contributed by atoms with Crippen LogP contribution in [0.1, 0.15) is 12.8 Å². The molecule has 0 aliphatic carbocycles. The van der Waals surface area contributed by atoms with Gasteiger partial charge in [-0.15, -0.1) is 0 Å². The predicted octanol–water partition coefficient (Wildman–Crippen LogP) is 5.65. The number of hydrogen-bond donors (Lipinski definition) is 1. The van der Waals surface area contributed by atoms with Gasteiger partial charge in [-0.3, -0.25) is 9.88 Å². The van der Waals surface area contributed by atoms with Crippen LogP contribution >= 0.6 is 0 Å². The first-order valence-electron chi connectivity index (χ1n) is 11.3. The van der Waals surface area contributed by atoms with Gasteiger partial charge in [-0.1, -0.05) is 54.6 Å². The third kappa shape index (κ3) is 5.07. The molecular formula is C28H26N2O4. The minimum absolute atomic E-state index is 0.112. The van der Waals surface area contributed by atoms with Crippen LogP contribution in [0.15, 0.2) is 109 Å². The molecule has 0 amide bonds. The predicted molar refractivity (Wildman–Crippen MR) is 130 cm³/mol. The quantitative estimate of drug-likeness (QED) is 0.390. The molecule has 0 spiro atoms. The van der Waals surface area contributed by atoms with Gasteiger partial charge in [-0.05, 0) is 36.4 Å². The number of hydrogen-bond acceptors (Lipinski definition) is 6. The first kappa shape index (κ1) is 21.6. The fourth-order valence-electron chi connectivity index (χ4n) is 4.16. The molecule has 5 rings (SSSR count). The van der Waals surface area contributed by atoms with Gasteiger partial charge in [-0.2, -0.15) is 0 Å². The number of piperidine rings is 1. The minimum Gasteiger partial charge on any atom is -0.506 e. The monoisotopic (exact) mass is 454 g/mol. The van der Waals surface area contributed by atoms with Crippen molar-refractivity contribution in [2.75, 3.05) is 4.90 Å². The number of pyridine rings is 1. The molecule has 6 heteroatoms. The third-order valence-electron chi connectivity index (χ3n) is 5.68. The summed E-state index contributed by atoms with van der Waals surface area (Å²) in [5.41, 5.74) is 0.544. The van der Waals surface area contributed by atoms with Crippen molar-refractivity contribution >= 4 is 5.69 Å². The molecule has 2 atom stereocenters. The Labute approximate surface area is 199 Å². The molecular weight excluding hydrogens is 428 g/mol. The van der Waals surface area contributed by atoms with Crippen molar-refractivity contribution in [2.45, 2.75) is 31.4 Å². The maximum Gasteiger partial charge on any atom is 0.178 e. The maximum absolute atomic E-state index is 10.7. The standard InChI is InChI=1S/C28H26N2O4/c31-26-16-17-29-20-25(26)30-27(33-22-12-6-2-7-13-22)18-24(32-21-10-4-1-5-11-21)19-28(30)34-23-14-8-3-9-15-23/h1-17,20,24,27-28H,18-19H2,(H,29,31). The summed E-state index contributed by atoms with van der Waals surface area (Å²) in [6.45, 7) is 0. The zero-order valence-electron chi connectivity index (χ0n) is 18.6. The Hall–Kier alpha value is -4.19. The average Bonchev–Trinajstić information content (AvgIpc) is 2.87. The summed E-state index contributed by atoms with van der Waals surface area (Å²) in [5.74, 6) is 2.35. The molecule has 1 aliphatic heterocycles. The minimum atomic E-state index is -0.464. The molecule has 1 aliphatic rings. The average molecular weight is 455 g/mol. The van der Waals surface area contributed by atoms with Gasteiger partial charge in [0.2, 0.25) is 0 Å². The van der Waals surface area contributed by atoms with Crippen LogP contribution in [-0.4, -0.2) is 28.7 Å². The summed E-state index contributed by atoms with van der Waals surface area (Å²) in [5, 5.41) is 10.7. The SMILES string of the molecule is Oc1ccncc1N1C(Oc2ccccc2)CC(Oc2ccccc2)CC1Oc1ccccc1. The molecule has 0 radical (unpaired) electrons. The number of aromatic nitrogens is 1. The van der Waals surface area contributed by atoms with Gasteiger partial charge in [-0.25, -0.2) is 0 Å². The van der Waals surface area contributed by atoms with Crippen molar-refractivity contribution in [3.05, 3.63) is 109 Å². The molecule has 1 N–H and O–H groups in total. The van der Waals surface area contributed by atoms with E-state index in [1.807, 2.05) is 95.9 Å². The van der Waals surface area contributed by atoms with Crippen LogP contribution in [0.2, 0.25) is 0 Å². The van der Waals surface area contributed by atoms with Gasteiger partial charge in [0.05, 0.1) is 6.20 Å². The summed E-state index contributed by atoms with van der Waals surface area (Å²) < 4.78 is 19.2. The lowest BCUT2D eigenvalue weighted by molar-refractivity contribution is 0.00709. The van der Waals surface area contributed by atoms with Crippen LogP contribution in [0.3, 0.4) is 0 Å². The highest BCUT2D eigenvalue weighted by Crippen LogP contribution is 2.37. The molecule has 2 heterocycles. The molecule has 3 aromatic carbocycles. The van der Waals surface area contributed by atoms with Crippen molar-refractivity contribution in [3.63, 3.8) is 0 Å². The van der Waals surface area contributed by atoms with E-state index in [9.17, 15) is 5.11 Å². The molecule has 1 saturated heterocycles. The number of aromatic hydroxyl groups is 1. The van der Waals surface area contributed by atoms with Crippen molar-refractivity contribution in [2.24, 2.45) is 0 Å². The topological polar surface area (TPSA) is 64.1 Å². The van der Waals surface area contributed by atoms with E-state index < -0.39 is 12.5 Å². The van der Waals surface area contributed by atoms with Gasteiger partial charge in [0.15, 0.2) is 12.5 Å². The molecule has 0 bridgehead atoms. The van der Waals surface area contributed by atoms with E-state index in [4.69, 9.17) is 14.2 Å². The Morgan fingerprint density at radius 1 is 0.647 bits per heavy atom. The normalized spacial score (nSPS) is 19.9. The van der Waals surface area contributed by atoms with Crippen molar-refractivity contribution < 1.29 is 19.3 Å². The van der Waals surface area contributed by atoms with Crippen molar-refractivity contribution in [1.82, 2.24) is 4.98 Å². The smallest absolute Gasteiger partial charge is 0.178 e. The van der Waals surface area contributed by atoms with E-state index in [2.05, 4.69) is 4.98 Å². The zero-order valence-corrected chi connectivity index (χ0v) is 18.6. The number of benzene rings is 3. The molecule has 2 unspecified atom stereocenters. The highest BCUT2D eigenvalue weighted by molar-refractivity contribution is 5.57. The maximum atomic E-state index is 10.7. The lowest BCUT2D eigenvalue weighted by atomic mass is 10.0. The molecule has 0 saturated carbocycles. The zero-order chi connectivity index (χ0) is 23.2. The Balaban J connectivity index is 1.51. The number of rotatable bonds is 7. The summed E-state index contributed by atoms with van der Waals surface area (Å²) in [4.78, 5) is 6.20. The fourth-order valence-corrected chi connectivity index (χ4v) is 4.16. The van der Waals surface area contributed by atoms with E-state index in [0.717, 1.165) is 17.2 Å². The Kier molecular flexibility index (Phi) is 6.47. The fraction of sp³-hybridized carbons (Fsp3) is 0.179. The van der Waals surface area contributed by atoms with E-state index in [1.165, 1.54) is 0 Å². The largest absolute Gasteiger partial charge is 0.506 e. The molecule has 1 aromatic heterocycles. The molecule has 34 heavy (non-hydrogen) atoms. The van der Waals surface area contributed by atoms with Crippen LogP contribution in [0.5, 0.6) is 23.0 Å². The van der Waals surface area contributed by atoms with Gasteiger partial charge in [0.1, 0.15) is 34.8 Å². The van der Waals surface area contributed by atoms with Gasteiger partial charge in [0.25, 0.3) is 0 Å². The lowest BCUT2D eigenvalue weighted by Gasteiger charge is -2.45. The van der Waals surface area contributed by atoms with Crippen LogP contribution in [0.25, 0.3) is 0 Å². The molecule has 172 valence electrons. The van der Waals surface area contributed by atoms with Gasteiger partial charge < -0.3 is 19.3 Å². The van der Waals surface area contributed by atoms with Gasteiger partial charge >= 0.3 is 0 Å².